The predicted octanol–water partition coefficient (Wildman–Crippen LogP) is -1.03. The van der Waals surface area contributed by atoms with Crippen LogP contribution in [0, 0.1) is 5.92 Å². The standard InChI is InChI=1S/C7H12N2O3S/c1-13(11,12)9-7(10)5-2-3-6(8)4-5/h2-3,5-6H,4,8H2,1H3,(H,9,10)/t5-,6+/m1/s1. The van der Waals surface area contributed by atoms with Crippen molar-refractivity contribution in [2.45, 2.75) is 12.5 Å². The fourth-order valence-corrected chi connectivity index (χ4v) is 1.70. The van der Waals surface area contributed by atoms with Crippen molar-refractivity contribution in [3.63, 3.8) is 0 Å². The second kappa shape index (κ2) is 3.47. The van der Waals surface area contributed by atoms with Crippen molar-refractivity contribution in [1.29, 1.82) is 0 Å². The Balaban J connectivity index is 2.56. The molecule has 0 bridgehead atoms. The lowest BCUT2D eigenvalue weighted by molar-refractivity contribution is -0.121. The van der Waals surface area contributed by atoms with Gasteiger partial charge in [-0.3, -0.25) is 9.52 Å². The molecule has 1 aliphatic rings. The average Bonchev–Trinajstić information content (AvgIpc) is 2.31. The van der Waals surface area contributed by atoms with Crippen molar-refractivity contribution in [3.8, 4) is 0 Å². The van der Waals surface area contributed by atoms with Crippen LogP contribution in [0.25, 0.3) is 0 Å². The van der Waals surface area contributed by atoms with Gasteiger partial charge in [0, 0.05) is 6.04 Å². The molecule has 6 heteroatoms. The fourth-order valence-electron chi connectivity index (χ4n) is 1.18. The maximum atomic E-state index is 11.2. The summed E-state index contributed by atoms with van der Waals surface area (Å²) in [5, 5.41) is 0. The van der Waals surface area contributed by atoms with E-state index in [-0.39, 0.29) is 6.04 Å². The molecule has 1 rings (SSSR count). The summed E-state index contributed by atoms with van der Waals surface area (Å²) in [6.07, 6.45) is 4.75. The number of carbonyl (C=O) groups is 1. The topological polar surface area (TPSA) is 89.3 Å². The smallest absolute Gasteiger partial charge is 0.240 e. The van der Waals surface area contributed by atoms with E-state index in [9.17, 15) is 13.2 Å². The molecule has 0 aromatic heterocycles. The highest BCUT2D eigenvalue weighted by Gasteiger charge is 2.24. The molecule has 1 aliphatic carbocycles. The van der Waals surface area contributed by atoms with Crippen molar-refractivity contribution in [3.05, 3.63) is 12.2 Å². The van der Waals surface area contributed by atoms with E-state index in [1.54, 1.807) is 12.2 Å². The first kappa shape index (κ1) is 10.2. The third-order valence-corrected chi connectivity index (χ3v) is 2.31. The molecule has 0 unspecified atom stereocenters. The van der Waals surface area contributed by atoms with Gasteiger partial charge in [0.15, 0.2) is 0 Å². The molecule has 0 heterocycles. The van der Waals surface area contributed by atoms with Gasteiger partial charge in [-0.1, -0.05) is 12.2 Å². The van der Waals surface area contributed by atoms with Crippen LogP contribution in [0.15, 0.2) is 12.2 Å². The van der Waals surface area contributed by atoms with Crippen molar-refractivity contribution >= 4 is 15.9 Å². The monoisotopic (exact) mass is 204 g/mol. The molecule has 0 aromatic carbocycles. The predicted molar refractivity (Wildman–Crippen MR) is 48.2 cm³/mol. The van der Waals surface area contributed by atoms with Crippen molar-refractivity contribution in [2.24, 2.45) is 11.7 Å². The van der Waals surface area contributed by atoms with Crippen LogP contribution in [0.4, 0.5) is 0 Å². The van der Waals surface area contributed by atoms with Crippen LogP contribution < -0.4 is 10.5 Å². The molecule has 74 valence electrons. The van der Waals surface area contributed by atoms with E-state index in [0.29, 0.717) is 6.42 Å². The first-order valence-corrected chi connectivity index (χ1v) is 5.73. The molecule has 2 atom stereocenters. The quantitative estimate of drug-likeness (QED) is 0.563. The number of sulfonamides is 1. The summed E-state index contributed by atoms with van der Waals surface area (Å²) in [7, 11) is -3.45. The van der Waals surface area contributed by atoms with E-state index in [1.165, 1.54) is 0 Å². The van der Waals surface area contributed by atoms with Crippen LogP contribution in [0.5, 0.6) is 0 Å². The highest BCUT2D eigenvalue weighted by Crippen LogP contribution is 2.16. The molecule has 1 amide bonds. The maximum Gasteiger partial charge on any atom is 0.240 e. The zero-order valence-electron chi connectivity index (χ0n) is 7.23. The molecule has 0 fully saturated rings. The lowest BCUT2D eigenvalue weighted by atomic mass is 10.1. The van der Waals surface area contributed by atoms with Crippen LogP contribution in [0.3, 0.4) is 0 Å². The number of hydrogen-bond donors (Lipinski definition) is 2. The van der Waals surface area contributed by atoms with Crippen molar-refractivity contribution in [2.75, 3.05) is 6.26 Å². The van der Waals surface area contributed by atoms with E-state index < -0.39 is 21.8 Å². The Morgan fingerprint density at radius 1 is 1.54 bits per heavy atom. The Morgan fingerprint density at radius 3 is 2.54 bits per heavy atom. The van der Waals surface area contributed by atoms with Crippen molar-refractivity contribution in [1.82, 2.24) is 4.72 Å². The summed E-state index contributed by atoms with van der Waals surface area (Å²) in [5.41, 5.74) is 5.51. The van der Waals surface area contributed by atoms with Gasteiger partial charge in [-0.15, -0.1) is 0 Å². The van der Waals surface area contributed by atoms with Gasteiger partial charge in [0.2, 0.25) is 15.9 Å². The molecule has 13 heavy (non-hydrogen) atoms. The Bertz CT molecular complexity index is 334. The number of rotatable bonds is 2. The molecule has 0 aliphatic heterocycles. The lowest BCUT2D eigenvalue weighted by Crippen LogP contribution is -2.34. The number of amides is 1. The maximum absolute atomic E-state index is 11.2. The Morgan fingerprint density at radius 2 is 2.15 bits per heavy atom. The van der Waals surface area contributed by atoms with Gasteiger partial charge in [0.05, 0.1) is 12.2 Å². The second-order valence-corrected chi connectivity index (χ2v) is 4.88. The van der Waals surface area contributed by atoms with Crippen LogP contribution in [0.2, 0.25) is 0 Å². The number of nitrogens with two attached hydrogens (primary N) is 1. The van der Waals surface area contributed by atoms with Crippen LogP contribution in [-0.4, -0.2) is 26.6 Å². The normalized spacial score (nSPS) is 27.5. The fraction of sp³-hybridized carbons (Fsp3) is 0.571. The van der Waals surface area contributed by atoms with E-state index in [2.05, 4.69) is 0 Å². The van der Waals surface area contributed by atoms with Gasteiger partial charge in [-0.05, 0) is 6.42 Å². The van der Waals surface area contributed by atoms with Crippen molar-refractivity contribution < 1.29 is 13.2 Å². The highest BCUT2D eigenvalue weighted by molar-refractivity contribution is 7.89. The van der Waals surface area contributed by atoms with Crippen LogP contribution in [0.1, 0.15) is 6.42 Å². The van der Waals surface area contributed by atoms with Gasteiger partial charge in [0.1, 0.15) is 0 Å². The molecule has 5 nitrogen and oxygen atoms in total. The summed E-state index contributed by atoms with van der Waals surface area (Å²) in [6.45, 7) is 0. The molecular weight excluding hydrogens is 192 g/mol. The molecule has 0 spiro atoms. The van der Waals surface area contributed by atoms with E-state index >= 15 is 0 Å². The number of nitrogens with one attached hydrogen (secondary N) is 1. The van der Waals surface area contributed by atoms with Gasteiger partial charge in [-0.25, -0.2) is 8.42 Å². The second-order valence-electron chi connectivity index (χ2n) is 3.13. The van der Waals surface area contributed by atoms with E-state index in [4.69, 9.17) is 5.73 Å². The number of hydrogen-bond acceptors (Lipinski definition) is 4. The molecule has 0 saturated heterocycles. The molecular formula is C7H12N2O3S. The average molecular weight is 204 g/mol. The first-order chi connectivity index (χ1) is 5.88. The summed E-state index contributed by atoms with van der Waals surface area (Å²) in [5.74, 6) is -0.920. The van der Waals surface area contributed by atoms with Gasteiger partial charge >= 0.3 is 0 Å². The summed E-state index contributed by atoms with van der Waals surface area (Å²) >= 11 is 0. The lowest BCUT2D eigenvalue weighted by Gasteiger charge is -2.08. The minimum Gasteiger partial charge on any atom is -0.324 e. The summed E-state index contributed by atoms with van der Waals surface area (Å²) in [6, 6.07) is -0.143. The van der Waals surface area contributed by atoms with Crippen LogP contribution in [-0.2, 0) is 14.8 Å². The van der Waals surface area contributed by atoms with Gasteiger partial charge in [0.25, 0.3) is 0 Å². The minimum absolute atomic E-state index is 0.143. The van der Waals surface area contributed by atoms with E-state index in [1.807, 2.05) is 4.72 Å². The first-order valence-electron chi connectivity index (χ1n) is 3.84. The molecule has 0 saturated carbocycles. The number of carbonyl (C=O) groups excluding carboxylic acids is 1. The Labute approximate surface area is 77.0 Å². The Kier molecular flexibility index (Phi) is 2.72. The van der Waals surface area contributed by atoms with E-state index in [0.717, 1.165) is 6.26 Å². The van der Waals surface area contributed by atoms with Gasteiger partial charge < -0.3 is 5.73 Å². The summed E-state index contributed by atoms with van der Waals surface area (Å²) in [4.78, 5) is 11.2. The molecule has 3 N–H and O–H groups in total. The Hall–Kier alpha value is -0.880. The minimum atomic E-state index is -3.45. The zero-order valence-corrected chi connectivity index (χ0v) is 8.04. The molecule has 0 aromatic rings. The largest absolute Gasteiger partial charge is 0.324 e. The SMILES string of the molecule is CS(=O)(=O)NC(=O)[C@@H]1C=C[C@H](N)C1. The third kappa shape index (κ3) is 3.16. The van der Waals surface area contributed by atoms with Crippen LogP contribution >= 0.6 is 0 Å². The highest BCUT2D eigenvalue weighted by atomic mass is 32.2. The molecule has 0 radical (unpaired) electrons. The zero-order chi connectivity index (χ0) is 10.1. The summed E-state index contributed by atoms with van der Waals surface area (Å²) < 4.78 is 23.3. The van der Waals surface area contributed by atoms with Gasteiger partial charge in [-0.2, -0.15) is 0 Å². The third-order valence-electron chi connectivity index (χ3n) is 1.74.